The molecule has 1 aliphatic rings. The molecule has 0 saturated carbocycles. The van der Waals surface area contributed by atoms with E-state index in [1.165, 1.54) is 24.0 Å². The number of hydrogen-bond acceptors (Lipinski definition) is 8. The minimum Gasteiger partial charge on any atom is -0.394 e. The van der Waals surface area contributed by atoms with E-state index in [0.717, 1.165) is 0 Å². The highest BCUT2D eigenvalue weighted by atomic mass is 16.6. The number of nitrogens with zero attached hydrogens (tertiary/aromatic N) is 4. The molecule has 4 N–H and O–H groups in total. The summed E-state index contributed by atoms with van der Waals surface area (Å²) in [5.41, 5.74) is 0.781. The lowest BCUT2D eigenvalue weighted by Gasteiger charge is -2.15. The van der Waals surface area contributed by atoms with Crippen LogP contribution in [0.4, 0.5) is 5.82 Å². The minimum absolute atomic E-state index is 0.256. The monoisotopic (exact) mass is 397 g/mol. The van der Waals surface area contributed by atoms with Crippen LogP contribution in [-0.4, -0.2) is 73.7 Å². The van der Waals surface area contributed by atoms with E-state index >= 15 is 0 Å². The molecule has 4 atom stereocenters. The number of benzene rings is 1. The summed E-state index contributed by atoms with van der Waals surface area (Å²) < 4.78 is 6.77. The van der Waals surface area contributed by atoms with Crippen LogP contribution in [0.5, 0.6) is 0 Å². The molecule has 3 aromatic rings. The first kappa shape index (κ1) is 20.9. The van der Waals surface area contributed by atoms with Crippen LogP contribution in [0.3, 0.4) is 0 Å². The zero-order chi connectivity index (χ0) is 21.0. The Bertz CT molecular complexity index is 970. The Labute approximate surface area is 167 Å². The van der Waals surface area contributed by atoms with E-state index in [0.29, 0.717) is 16.6 Å². The second-order valence-electron chi connectivity index (χ2n) is 6.10. The average Bonchev–Trinajstić information content (AvgIpc) is 3.32. The van der Waals surface area contributed by atoms with Crippen LogP contribution in [0.25, 0.3) is 11.0 Å². The van der Waals surface area contributed by atoms with Crippen molar-refractivity contribution in [1.29, 1.82) is 0 Å². The first-order valence-corrected chi connectivity index (χ1v) is 8.85. The van der Waals surface area contributed by atoms with E-state index in [4.69, 9.17) is 4.74 Å². The fraction of sp³-hybridized carbons (Fsp3) is 0.333. The number of aliphatic hydroxyl groups excluding tert-OH is 3. The zero-order valence-corrected chi connectivity index (χ0v) is 15.6. The van der Waals surface area contributed by atoms with E-state index < -0.39 is 31.1 Å². The van der Waals surface area contributed by atoms with Crippen molar-refractivity contribution in [3.63, 3.8) is 0 Å². The molecule has 1 amide bonds. The Morgan fingerprint density at radius 1 is 1.21 bits per heavy atom. The molecule has 4 rings (SSSR count). The summed E-state index contributed by atoms with van der Waals surface area (Å²) in [6.07, 6.45) is -1.81. The Morgan fingerprint density at radius 2 is 1.93 bits per heavy atom. The number of hydrogen-bond donors (Lipinski definition) is 4. The molecule has 29 heavy (non-hydrogen) atoms. The number of carbonyl (C=O) groups is 1. The third-order valence-electron chi connectivity index (χ3n) is 4.42. The predicted octanol–water partition coefficient (Wildman–Crippen LogP) is -0.107. The van der Waals surface area contributed by atoms with E-state index in [1.54, 1.807) is 24.3 Å². The fourth-order valence-electron chi connectivity index (χ4n) is 3.00. The number of ether oxygens (including phenoxy) is 1. The van der Waals surface area contributed by atoms with Crippen molar-refractivity contribution in [3.8, 4) is 0 Å². The van der Waals surface area contributed by atoms with Crippen LogP contribution < -0.4 is 5.32 Å². The van der Waals surface area contributed by atoms with Crippen molar-refractivity contribution >= 4 is 30.6 Å². The number of rotatable bonds is 4. The highest BCUT2D eigenvalue weighted by Crippen LogP contribution is 2.31. The van der Waals surface area contributed by atoms with Gasteiger partial charge < -0.3 is 25.4 Å². The van der Waals surface area contributed by atoms with Crippen LogP contribution >= 0.6 is 0 Å². The topological polar surface area (TPSA) is 143 Å². The van der Waals surface area contributed by atoms with Gasteiger partial charge in [0.2, 0.25) is 0 Å². The Hall–Kier alpha value is -2.86. The summed E-state index contributed by atoms with van der Waals surface area (Å²) in [4.78, 5) is 20.6. The smallest absolute Gasteiger partial charge is 0.256 e. The molecular formula is C18H20BN5O5. The molecule has 11 heteroatoms. The summed E-state index contributed by atoms with van der Waals surface area (Å²) in [7, 11) is 4.50. The molecule has 1 unspecified atom stereocenters. The largest absolute Gasteiger partial charge is 0.394 e. The van der Waals surface area contributed by atoms with Crippen LogP contribution in [0.1, 0.15) is 16.6 Å². The van der Waals surface area contributed by atoms with Gasteiger partial charge in [0, 0.05) is 5.56 Å². The summed E-state index contributed by atoms with van der Waals surface area (Å²) >= 11 is 0. The van der Waals surface area contributed by atoms with Crippen molar-refractivity contribution in [1.82, 2.24) is 19.7 Å². The van der Waals surface area contributed by atoms with Gasteiger partial charge in [-0.25, -0.2) is 14.6 Å². The normalized spacial score (nSPS) is 23.4. The van der Waals surface area contributed by atoms with Crippen LogP contribution in [0, 0.1) is 0 Å². The maximum atomic E-state index is 12.4. The van der Waals surface area contributed by atoms with Crippen molar-refractivity contribution in [2.24, 2.45) is 0 Å². The van der Waals surface area contributed by atoms with Crippen molar-refractivity contribution < 1.29 is 24.9 Å². The van der Waals surface area contributed by atoms with Crippen LogP contribution in [0.15, 0.2) is 42.9 Å². The highest BCUT2D eigenvalue weighted by molar-refractivity contribution is 6.07. The molecule has 2 radical (unpaired) electrons. The van der Waals surface area contributed by atoms with Gasteiger partial charge in [0.1, 0.15) is 30.5 Å². The van der Waals surface area contributed by atoms with Crippen LogP contribution in [-0.2, 0) is 4.74 Å². The van der Waals surface area contributed by atoms with Crippen molar-refractivity contribution in [2.45, 2.75) is 31.4 Å². The number of amides is 1. The second-order valence-corrected chi connectivity index (χ2v) is 6.10. The van der Waals surface area contributed by atoms with Gasteiger partial charge in [0.25, 0.3) is 5.91 Å². The van der Waals surface area contributed by atoms with Gasteiger partial charge in [-0.3, -0.25) is 4.79 Å². The molecule has 150 valence electrons. The summed E-state index contributed by atoms with van der Waals surface area (Å²) in [6.45, 7) is 1.06. The molecule has 3 heterocycles. The minimum atomic E-state index is -1.29. The lowest BCUT2D eigenvalue weighted by Crippen LogP contribution is -2.33. The van der Waals surface area contributed by atoms with Crippen molar-refractivity contribution in [2.75, 3.05) is 11.9 Å². The molecule has 0 aliphatic carbocycles. The standard InChI is InChI=1S/C17H17N5O5.CH3B/c23-7-11-12(24)13(25)17(27-11)22-15-10(6-20-22)14(18-8-19-15)21-16(26)9-4-2-1-3-5-9;1-2/h1-6,8,11-13,17,23-25H,7H2,(H,18,19,21,26);1H3/t11-,12?,13+,17-;/m1./s1. The molecule has 2 aromatic heterocycles. The van der Waals surface area contributed by atoms with Gasteiger partial charge in [-0.15, -0.1) is 0 Å². The molecule has 1 aromatic carbocycles. The van der Waals surface area contributed by atoms with E-state index in [9.17, 15) is 20.1 Å². The Balaban J connectivity index is 0.00000117. The lowest BCUT2D eigenvalue weighted by molar-refractivity contribution is -0.0566. The third-order valence-corrected chi connectivity index (χ3v) is 4.42. The Morgan fingerprint density at radius 3 is 2.59 bits per heavy atom. The molecule has 0 spiro atoms. The number of carbonyl (C=O) groups excluding carboxylic acids is 1. The number of aromatic nitrogens is 4. The van der Waals surface area contributed by atoms with E-state index in [-0.39, 0.29) is 11.7 Å². The fourth-order valence-corrected chi connectivity index (χ4v) is 3.00. The predicted molar refractivity (Wildman–Crippen MR) is 104 cm³/mol. The van der Waals surface area contributed by atoms with Gasteiger partial charge in [-0.05, 0) is 12.1 Å². The first-order valence-electron chi connectivity index (χ1n) is 8.85. The average molecular weight is 397 g/mol. The van der Waals surface area contributed by atoms with Gasteiger partial charge in [-0.2, -0.15) is 5.10 Å². The number of aliphatic hydroxyl groups is 3. The molecule has 0 bridgehead atoms. The SMILES string of the molecule is O=C(Nc1ncnc2c1cnn2[C@@H]1O[C@H](CO)C(O)[C@@H]1O)c1ccccc1.[B]C. The maximum absolute atomic E-state index is 12.4. The van der Waals surface area contributed by atoms with Gasteiger partial charge >= 0.3 is 0 Å². The van der Waals surface area contributed by atoms with Gasteiger partial charge in [0.05, 0.1) is 26.0 Å². The van der Waals surface area contributed by atoms with E-state index in [1.807, 2.05) is 6.07 Å². The number of anilines is 1. The molecule has 10 nitrogen and oxygen atoms in total. The van der Waals surface area contributed by atoms with E-state index in [2.05, 4.69) is 28.2 Å². The first-order chi connectivity index (χ1) is 14.1. The molecule has 1 saturated heterocycles. The molecular weight excluding hydrogens is 377 g/mol. The quantitative estimate of drug-likeness (QED) is 0.447. The number of nitrogens with one attached hydrogen (secondary N) is 1. The highest BCUT2D eigenvalue weighted by Gasteiger charge is 2.44. The summed E-state index contributed by atoms with van der Waals surface area (Å²) in [5, 5.41) is 36.7. The lowest BCUT2D eigenvalue weighted by atomic mass is 10.1. The Kier molecular flexibility index (Phi) is 6.55. The van der Waals surface area contributed by atoms with Gasteiger partial charge in [0.15, 0.2) is 11.9 Å². The molecule has 1 aliphatic heterocycles. The van der Waals surface area contributed by atoms with Gasteiger partial charge in [-0.1, -0.05) is 25.0 Å². The number of fused-ring (bicyclic) bond motifs is 1. The summed E-state index contributed by atoms with van der Waals surface area (Å²) in [6, 6.07) is 8.67. The summed E-state index contributed by atoms with van der Waals surface area (Å²) in [5.74, 6) is -0.0804. The zero-order valence-electron chi connectivity index (χ0n) is 15.6. The van der Waals surface area contributed by atoms with Crippen LogP contribution in [0.2, 0.25) is 6.82 Å². The maximum Gasteiger partial charge on any atom is 0.256 e. The third kappa shape index (κ3) is 3.98. The second kappa shape index (κ2) is 9.10. The molecule has 1 fully saturated rings. The van der Waals surface area contributed by atoms with Crippen molar-refractivity contribution in [3.05, 3.63) is 48.4 Å².